The van der Waals surface area contributed by atoms with Gasteiger partial charge in [-0.25, -0.2) is 4.98 Å². The van der Waals surface area contributed by atoms with E-state index in [0.717, 1.165) is 55.5 Å². The average Bonchev–Trinajstić information content (AvgIpc) is 3.19. The van der Waals surface area contributed by atoms with Crippen LogP contribution in [0.15, 0.2) is 30.3 Å². The van der Waals surface area contributed by atoms with Crippen molar-refractivity contribution in [2.75, 3.05) is 30.3 Å². The number of benzene rings is 1. The number of amides is 1. The number of anilines is 2. The Bertz CT molecular complexity index is 1240. The van der Waals surface area contributed by atoms with E-state index in [1.807, 2.05) is 6.07 Å². The summed E-state index contributed by atoms with van der Waals surface area (Å²) in [6.07, 6.45) is -2.22. The van der Waals surface area contributed by atoms with E-state index in [2.05, 4.69) is 21.9 Å². The molecule has 6 N–H and O–H groups in total. The number of rotatable bonds is 9. The summed E-state index contributed by atoms with van der Waals surface area (Å²) in [5, 5.41) is 14.6. The maximum atomic E-state index is 12.3. The zero-order valence-corrected chi connectivity index (χ0v) is 21.2. The van der Waals surface area contributed by atoms with Crippen molar-refractivity contribution >= 4 is 39.0 Å². The molecule has 0 radical (unpaired) electrons. The van der Waals surface area contributed by atoms with Gasteiger partial charge in [0.25, 0.3) is 5.91 Å². The molecule has 1 fully saturated rings. The molecule has 200 valence electrons. The molecule has 3 heterocycles. The second-order valence-electron chi connectivity index (χ2n) is 9.08. The maximum absolute atomic E-state index is 12.3. The van der Waals surface area contributed by atoms with Crippen molar-refractivity contribution < 1.29 is 27.8 Å². The van der Waals surface area contributed by atoms with Gasteiger partial charge in [0, 0.05) is 31.1 Å². The molecule has 3 aromatic rings. The normalized spacial score (nSPS) is 15.8. The largest absolute Gasteiger partial charge is 0.573 e. The molecule has 0 spiro atoms. The molecule has 1 aromatic carbocycles. The molecule has 0 aliphatic carbocycles. The van der Waals surface area contributed by atoms with E-state index >= 15 is 0 Å². The van der Waals surface area contributed by atoms with Gasteiger partial charge in [-0.2, -0.15) is 0 Å². The van der Waals surface area contributed by atoms with Crippen LogP contribution in [0.1, 0.15) is 53.1 Å². The number of pyridine rings is 1. The Morgan fingerprint density at radius 1 is 1.30 bits per heavy atom. The molecule has 37 heavy (non-hydrogen) atoms. The summed E-state index contributed by atoms with van der Waals surface area (Å²) < 4.78 is 40.8. The number of aliphatic hydroxyl groups is 1. The zero-order valence-electron chi connectivity index (χ0n) is 20.3. The summed E-state index contributed by atoms with van der Waals surface area (Å²) in [4.78, 5) is 19.8. The molecule has 1 saturated heterocycles. The first-order valence-corrected chi connectivity index (χ1v) is 12.9. The van der Waals surface area contributed by atoms with Gasteiger partial charge >= 0.3 is 6.36 Å². The van der Waals surface area contributed by atoms with E-state index in [1.54, 1.807) is 0 Å². The number of nitrogen functional groups attached to an aromatic ring is 1. The minimum absolute atomic E-state index is 0.177. The van der Waals surface area contributed by atoms with E-state index in [4.69, 9.17) is 16.5 Å². The number of nitrogens with two attached hydrogens (primary N) is 2. The number of halogens is 3. The number of hydrogen-bond donors (Lipinski definition) is 4. The molecule has 4 rings (SSSR count). The van der Waals surface area contributed by atoms with Gasteiger partial charge in [-0.1, -0.05) is 25.5 Å². The monoisotopic (exact) mass is 537 g/mol. The smallest absolute Gasteiger partial charge is 0.406 e. The van der Waals surface area contributed by atoms with E-state index in [0.29, 0.717) is 21.0 Å². The van der Waals surface area contributed by atoms with Gasteiger partial charge in [-0.05, 0) is 48.6 Å². The van der Waals surface area contributed by atoms with Crippen LogP contribution in [-0.4, -0.2) is 48.0 Å². The van der Waals surface area contributed by atoms with Gasteiger partial charge in [0.05, 0.1) is 11.8 Å². The van der Waals surface area contributed by atoms with Crippen molar-refractivity contribution in [3.63, 3.8) is 0 Å². The fourth-order valence-electron chi connectivity index (χ4n) is 4.60. The third kappa shape index (κ3) is 6.43. The van der Waals surface area contributed by atoms with Crippen LogP contribution in [-0.2, 0) is 6.42 Å². The molecule has 1 aliphatic heterocycles. The third-order valence-electron chi connectivity index (χ3n) is 6.43. The zero-order chi connectivity index (χ0) is 26.7. The highest BCUT2D eigenvalue weighted by atomic mass is 32.1. The Kier molecular flexibility index (Phi) is 8.10. The van der Waals surface area contributed by atoms with Gasteiger partial charge in [0.1, 0.15) is 21.3 Å². The maximum Gasteiger partial charge on any atom is 0.573 e. The first-order valence-electron chi connectivity index (χ1n) is 12.1. The van der Waals surface area contributed by atoms with Gasteiger partial charge in [0.2, 0.25) is 0 Å². The number of carbonyl (C=O) groups excluding carboxylic acids is 1. The lowest BCUT2D eigenvalue weighted by atomic mass is 10.0. The number of hydrogen-bond acceptors (Lipinski definition) is 8. The quantitative estimate of drug-likeness (QED) is 0.323. The van der Waals surface area contributed by atoms with Crippen LogP contribution >= 0.6 is 11.3 Å². The first-order chi connectivity index (χ1) is 17.6. The highest BCUT2D eigenvalue weighted by Crippen LogP contribution is 2.37. The molecule has 1 aliphatic rings. The van der Waals surface area contributed by atoms with Crippen molar-refractivity contribution in [3.05, 3.63) is 46.3 Å². The number of nitrogens with zero attached hydrogens (tertiary/aromatic N) is 2. The fraction of sp³-hybridized carbons (Fsp3) is 0.440. The SMILES string of the molecule is CCCc1cc(N2CCC(NCC(O)c3ccc(OC(F)(F)F)cc3)CC2)nc2sc(C(N)=O)c(N)c12. The van der Waals surface area contributed by atoms with Crippen LogP contribution in [0.2, 0.25) is 0 Å². The second kappa shape index (κ2) is 11.1. The first kappa shape index (κ1) is 27.0. The Balaban J connectivity index is 1.36. The van der Waals surface area contributed by atoms with Crippen LogP contribution in [0.4, 0.5) is 24.7 Å². The van der Waals surface area contributed by atoms with Crippen molar-refractivity contribution in [2.45, 2.75) is 51.1 Å². The molecule has 8 nitrogen and oxygen atoms in total. The fourth-order valence-corrected chi connectivity index (χ4v) is 5.59. The predicted octanol–water partition coefficient (Wildman–Crippen LogP) is 4.12. The minimum Gasteiger partial charge on any atom is -0.406 e. The number of carbonyl (C=O) groups is 1. The number of fused-ring (bicyclic) bond motifs is 1. The topological polar surface area (TPSA) is 127 Å². The van der Waals surface area contributed by atoms with Gasteiger partial charge in [-0.3, -0.25) is 4.79 Å². The minimum atomic E-state index is -4.75. The summed E-state index contributed by atoms with van der Waals surface area (Å²) >= 11 is 1.22. The molecule has 1 amide bonds. The summed E-state index contributed by atoms with van der Waals surface area (Å²) in [5.74, 6) is -0.0363. The van der Waals surface area contributed by atoms with Crippen LogP contribution in [0.3, 0.4) is 0 Å². The van der Waals surface area contributed by atoms with E-state index in [-0.39, 0.29) is 18.3 Å². The van der Waals surface area contributed by atoms with Crippen molar-refractivity contribution in [3.8, 4) is 5.75 Å². The standard InChI is InChI=1S/C25H30F3N5O3S/c1-2-3-15-12-19(32-24-20(15)21(29)22(37-24)23(30)35)33-10-8-16(9-11-33)31-13-18(34)14-4-6-17(7-5-14)36-25(26,27)28/h4-7,12,16,18,31,34H,2-3,8-11,13,29H2,1H3,(H2,30,35). The van der Waals surface area contributed by atoms with E-state index < -0.39 is 18.4 Å². The van der Waals surface area contributed by atoms with Gasteiger partial charge < -0.3 is 31.5 Å². The van der Waals surface area contributed by atoms with Crippen LogP contribution in [0, 0.1) is 0 Å². The lowest BCUT2D eigenvalue weighted by Gasteiger charge is -2.34. The van der Waals surface area contributed by atoms with Crippen molar-refractivity contribution in [2.24, 2.45) is 5.73 Å². The molecule has 1 atom stereocenters. The Hall–Kier alpha value is -3.09. The number of aliphatic hydroxyl groups excluding tert-OH is 1. The summed E-state index contributed by atoms with van der Waals surface area (Å²) in [7, 11) is 0. The van der Waals surface area contributed by atoms with Gasteiger partial charge in [0.15, 0.2) is 0 Å². The highest BCUT2D eigenvalue weighted by molar-refractivity contribution is 7.21. The summed E-state index contributed by atoms with van der Waals surface area (Å²) in [6.45, 7) is 3.87. The predicted molar refractivity (Wildman–Crippen MR) is 138 cm³/mol. The number of alkyl halides is 3. The molecule has 0 bridgehead atoms. The number of aryl methyl sites for hydroxylation is 1. The van der Waals surface area contributed by atoms with Crippen molar-refractivity contribution in [1.82, 2.24) is 10.3 Å². The van der Waals surface area contributed by atoms with Gasteiger partial charge in [-0.15, -0.1) is 24.5 Å². The van der Waals surface area contributed by atoms with Crippen LogP contribution in [0.5, 0.6) is 5.75 Å². The Morgan fingerprint density at radius 2 is 1.97 bits per heavy atom. The molecule has 12 heteroatoms. The highest BCUT2D eigenvalue weighted by Gasteiger charge is 2.31. The molecule has 0 saturated carbocycles. The van der Waals surface area contributed by atoms with Crippen molar-refractivity contribution in [1.29, 1.82) is 0 Å². The molecular weight excluding hydrogens is 507 g/mol. The van der Waals surface area contributed by atoms with E-state index in [1.165, 1.54) is 35.6 Å². The Morgan fingerprint density at radius 3 is 2.57 bits per heavy atom. The lowest BCUT2D eigenvalue weighted by Crippen LogP contribution is -2.44. The Labute approximate surface area is 216 Å². The van der Waals surface area contributed by atoms with Crippen LogP contribution < -0.4 is 26.4 Å². The number of ether oxygens (including phenoxy) is 1. The number of thiophene rings is 1. The summed E-state index contributed by atoms with van der Waals surface area (Å²) in [6, 6.07) is 7.45. The third-order valence-corrected chi connectivity index (χ3v) is 7.54. The lowest BCUT2D eigenvalue weighted by molar-refractivity contribution is -0.274. The number of primary amides is 1. The number of nitrogens with one attached hydrogen (secondary N) is 1. The molecular formula is C25H30F3N5O3S. The van der Waals surface area contributed by atoms with Crippen LogP contribution in [0.25, 0.3) is 10.2 Å². The second-order valence-corrected chi connectivity index (χ2v) is 10.1. The molecule has 1 unspecified atom stereocenters. The summed E-state index contributed by atoms with van der Waals surface area (Å²) in [5.41, 5.74) is 13.7. The average molecular weight is 538 g/mol. The number of piperidine rings is 1. The molecule has 2 aromatic heterocycles. The van der Waals surface area contributed by atoms with E-state index in [9.17, 15) is 23.1 Å². The number of aromatic nitrogens is 1.